The van der Waals surface area contributed by atoms with Crippen molar-refractivity contribution < 1.29 is 24.5 Å². The first-order valence-electron chi connectivity index (χ1n) is 9.18. The molecule has 0 aromatic heterocycles. The highest BCUT2D eigenvalue weighted by Gasteiger charge is 2.39. The highest BCUT2D eigenvalue weighted by molar-refractivity contribution is 7.65. The van der Waals surface area contributed by atoms with E-state index >= 15 is 0 Å². The van der Waals surface area contributed by atoms with Crippen LogP contribution in [0.4, 0.5) is 0 Å². The lowest BCUT2D eigenvalue weighted by molar-refractivity contribution is -0.116. The van der Waals surface area contributed by atoms with Crippen LogP contribution in [0.1, 0.15) is 61.0 Å². The molecule has 0 radical (unpaired) electrons. The van der Waals surface area contributed by atoms with Crippen LogP contribution in [0.3, 0.4) is 0 Å². The van der Waals surface area contributed by atoms with Gasteiger partial charge in [-0.25, -0.2) is 14.6 Å². The third-order valence-electron chi connectivity index (χ3n) is 4.94. The standard InChI is InChI=1S/C19H28NO5P/c1-14(16-8-5-9-17(10-16)19(22)23)20-11-18(21)13-26(24,25)12-15-6-3-2-4-7-15/h5,8-10,14-15,20,24-25H,2-4,6-7,11-13H2,1H3/p+1. The molecular weight excluding hydrogens is 353 g/mol. The Bertz CT molecular complexity index is 628. The lowest BCUT2D eigenvalue weighted by Gasteiger charge is -2.23. The molecule has 0 amide bonds. The van der Waals surface area contributed by atoms with E-state index in [0.717, 1.165) is 31.2 Å². The molecule has 26 heavy (non-hydrogen) atoms. The Kier molecular flexibility index (Phi) is 7.71. The van der Waals surface area contributed by atoms with E-state index in [0.29, 0.717) is 12.1 Å². The minimum Gasteiger partial charge on any atom is -0.478 e. The van der Waals surface area contributed by atoms with Gasteiger partial charge in [-0.1, -0.05) is 31.4 Å². The summed E-state index contributed by atoms with van der Waals surface area (Å²) >= 11 is 0. The molecule has 1 unspecified atom stereocenters. The summed E-state index contributed by atoms with van der Waals surface area (Å²) in [6.07, 6.45) is 5.69. The monoisotopic (exact) mass is 382 g/mol. The van der Waals surface area contributed by atoms with Crippen LogP contribution in [0.5, 0.6) is 0 Å². The Hall–Kier alpha value is -1.33. The summed E-state index contributed by atoms with van der Waals surface area (Å²) in [7, 11) is -3.19. The maximum absolute atomic E-state index is 12.2. The van der Waals surface area contributed by atoms with Crippen molar-refractivity contribution in [3.63, 3.8) is 0 Å². The van der Waals surface area contributed by atoms with Crippen molar-refractivity contribution in [1.82, 2.24) is 5.32 Å². The minimum atomic E-state index is -3.19. The quantitative estimate of drug-likeness (QED) is 0.489. The molecule has 1 aromatic rings. The number of rotatable bonds is 9. The smallest absolute Gasteiger partial charge is 0.335 e. The van der Waals surface area contributed by atoms with E-state index in [1.165, 1.54) is 12.5 Å². The number of ketones is 1. The zero-order valence-corrected chi connectivity index (χ0v) is 16.1. The Morgan fingerprint density at radius 2 is 1.92 bits per heavy atom. The topological polar surface area (TPSA) is 107 Å². The summed E-state index contributed by atoms with van der Waals surface area (Å²) in [6.45, 7) is 1.88. The zero-order chi connectivity index (χ0) is 19.2. The van der Waals surface area contributed by atoms with Gasteiger partial charge in [0.25, 0.3) is 7.72 Å². The van der Waals surface area contributed by atoms with Crippen molar-refractivity contribution in [2.24, 2.45) is 5.92 Å². The summed E-state index contributed by atoms with van der Waals surface area (Å²) in [6, 6.07) is 6.35. The van der Waals surface area contributed by atoms with Gasteiger partial charge < -0.3 is 10.4 Å². The number of aromatic carboxylic acids is 1. The number of carboxylic acid groups (broad SMARTS) is 1. The first kappa shape index (κ1) is 21.0. The number of hydrogen-bond donors (Lipinski definition) is 4. The fourth-order valence-electron chi connectivity index (χ4n) is 3.51. The van der Waals surface area contributed by atoms with Gasteiger partial charge in [0.05, 0.1) is 12.1 Å². The van der Waals surface area contributed by atoms with Crippen molar-refractivity contribution in [2.75, 3.05) is 18.9 Å². The summed E-state index contributed by atoms with van der Waals surface area (Å²) < 4.78 is 0. The molecule has 2 rings (SSSR count). The number of hydrogen-bond acceptors (Lipinski definition) is 5. The van der Waals surface area contributed by atoms with Crippen LogP contribution >= 0.6 is 7.72 Å². The van der Waals surface area contributed by atoms with E-state index in [1.54, 1.807) is 18.2 Å². The maximum Gasteiger partial charge on any atom is 0.335 e. The number of carbonyl (C=O) groups is 2. The van der Waals surface area contributed by atoms with Gasteiger partial charge in [0, 0.05) is 6.04 Å². The maximum atomic E-state index is 12.2. The van der Waals surface area contributed by atoms with E-state index in [-0.39, 0.29) is 30.1 Å². The van der Waals surface area contributed by atoms with E-state index in [4.69, 9.17) is 5.11 Å². The van der Waals surface area contributed by atoms with Gasteiger partial charge >= 0.3 is 5.97 Å². The van der Waals surface area contributed by atoms with Gasteiger partial charge in [0.15, 0.2) is 11.9 Å². The normalized spacial score (nSPS) is 17.0. The van der Waals surface area contributed by atoms with Crippen molar-refractivity contribution in [1.29, 1.82) is 0 Å². The lowest BCUT2D eigenvalue weighted by Crippen LogP contribution is -2.29. The molecule has 1 aliphatic carbocycles. The van der Waals surface area contributed by atoms with Gasteiger partial charge in [-0.2, -0.15) is 0 Å². The molecule has 6 nitrogen and oxygen atoms in total. The van der Waals surface area contributed by atoms with Crippen LogP contribution in [0.15, 0.2) is 24.3 Å². The second kappa shape index (κ2) is 9.56. The predicted molar refractivity (Wildman–Crippen MR) is 102 cm³/mol. The summed E-state index contributed by atoms with van der Waals surface area (Å²) in [5.74, 6) is -0.890. The Morgan fingerprint density at radius 1 is 1.23 bits per heavy atom. The van der Waals surface area contributed by atoms with E-state index in [2.05, 4.69) is 5.32 Å². The molecule has 1 saturated carbocycles. The van der Waals surface area contributed by atoms with Crippen LogP contribution < -0.4 is 5.32 Å². The first-order valence-corrected chi connectivity index (χ1v) is 11.2. The summed E-state index contributed by atoms with van der Waals surface area (Å²) in [5.41, 5.74) is 0.972. The van der Waals surface area contributed by atoms with E-state index < -0.39 is 13.7 Å². The predicted octanol–water partition coefficient (Wildman–Crippen LogP) is 3.02. The van der Waals surface area contributed by atoms with Gasteiger partial charge in [0.1, 0.15) is 6.16 Å². The van der Waals surface area contributed by atoms with Crippen molar-refractivity contribution >= 4 is 19.5 Å². The van der Waals surface area contributed by atoms with E-state index in [1.807, 2.05) is 6.92 Å². The third kappa shape index (κ3) is 6.76. The second-order valence-electron chi connectivity index (χ2n) is 7.30. The summed E-state index contributed by atoms with van der Waals surface area (Å²) in [4.78, 5) is 43.7. The molecule has 4 N–H and O–H groups in total. The average Bonchev–Trinajstić information content (AvgIpc) is 2.59. The molecule has 0 spiro atoms. The first-order chi connectivity index (χ1) is 12.3. The van der Waals surface area contributed by atoms with Crippen LogP contribution in [0.25, 0.3) is 0 Å². The number of Topliss-reactive ketones (excluding diaryl/α,β-unsaturated/α-hetero) is 1. The number of carbonyl (C=O) groups excluding carboxylic acids is 1. The minimum absolute atomic E-state index is 0.0337. The van der Waals surface area contributed by atoms with Crippen molar-refractivity contribution in [2.45, 2.75) is 45.1 Å². The van der Waals surface area contributed by atoms with Gasteiger partial charge in [0.2, 0.25) is 0 Å². The lowest BCUT2D eigenvalue weighted by atomic mass is 9.91. The van der Waals surface area contributed by atoms with Gasteiger partial charge in [-0.15, -0.1) is 0 Å². The molecule has 1 aromatic carbocycles. The fraction of sp³-hybridized carbons (Fsp3) is 0.579. The van der Waals surface area contributed by atoms with Crippen LogP contribution in [0, 0.1) is 5.92 Å². The highest BCUT2D eigenvalue weighted by atomic mass is 31.2. The molecule has 0 heterocycles. The Morgan fingerprint density at radius 3 is 2.58 bits per heavy atom. The van der Waals surface area contributed by atoms with Crippen LogP contribution in [0.2, 0.25) is 0 Å². The number of benzene rings is 1. The van der Waals surface area contributed by atoms with Gasteiger partial charge in [-0.05, 0) is 43.4 Å². The SMILES string of the molecule is CC(NCC(=O)C[P+](O)(O)CC1CCCCC1)c1cccc(C(=O)O)c1. The molecule has 1 fully saturated rings. The molecule has 0 saturated heterocycles. The number of carboxylic acids is 1. The molecule has 0 aliphatic heterocycles. The zero-order valence-electron chi connectivity index (χ0n) is 15.2. The van der Waals surface area contributed by atoms with Crippen molar-refractivity contribution in [3.8, 4) is 0 Å². The molecule has 7 heteroatoms. The molecular formula is C19H29NO5P+. The molecule has 144 valence electrons. The van der Waals surface area contributed by atoms with Crippen molar-refractivity contribution in [3.05, 3.63) is 35.4 Å². The second-order valence-corrected chi connectivity index (χ2v) is 9.73. The average molecular weight is 382 g/mol. The van der Waals surface area contributed by atoms with Crippen LogP contribution in [-0.4, -0.2) is 45.5 Å². The highest BCUT2D eigenvalue weighted by Crippen LogP contribution is 2.53. The third-order valence-corrected chi connectivity index (χ3v) is 6.90. The Balaban J connectivity index is 1.81. The molecule has 1 aliphatic rings. The van der Waals surface area contributed by atoms with Gasteiger partial charge in [-0.3, -0.25) is 4.79 Å². The largest absolute Gasteiger partial charge is 0.478 e. The van der Waals surface area contributed by atoms with E-state index in [9.17, 15) is 19.4 Å². The summed E-state index contributed by atoms with van der Waals surface area (Å²) in [5, 5.41) is 12.1. The molecule has 1 atom stereocenters. The number of nitrogens with one attached hydrogen (secondary N) is 1. The Labute approximate surface area is 155 Å². The fourth-order valence-corrected chi connectivity index (χ4v) is 5.51. The molecule has 0 bridgehead atoms. The van der Waals surface area contributed by atoms with Crippen LogP contribution in [-0.2, 0) is 4.79 Å².